The molecule has 3 rings (SSSR count). The molecule has 2 fully saturated rings. The largest absolute Gasteiger partial charge is 0.495 e. The Kier molecular flexibility index (Phi) is 5.07. The number of hydrogen-bond donors (Lipinski definition) is 1. The Balaban J connectivity index is 1.45. The first-order valence-electron chi connectivity index (χ1n) is 8.65. The van der Waals surface area contributed by atoms with Crippen LogP contribution in [0, 0.1) is 24.7 Å². The summed E-state index contributed by atoms with van der Waals surface area (Å²) in [6.45, 7) is 1.68. The third-order valence-corrected chi connectivity index (χ3v) is 5.31. The molecule has 0 radical (unpaired) electrons. The first kappa shape index (κ1) is 16.8. The van der Waals surface area contributed by atoms with E-state index in [2.05, 4.69) is 5.32 Å². The molecular weight excluding hydrogens is 306 g/mol. The van der Waals surface area contributed by atoms with Gasteiger partial charge in [-0.15, -0.1) is 0 Å². The maximum Gasteiger partial charge on any atom is 0.306 e. The van der Waals surface area contributed by atoms with Crippen LogP contribution in [0.1, 0.15) is 37.7 Å². The molecule has 0 heterocycles. The Morgan fingerprint density at radius 1 is 1.25 bits per heavy atom. The number of methoxy groups -OCH3 is 1. The molecule has 2 aliphatic carbocycles. The SMILES string of the molecule is COc1ccc(C)cc1NC(=O)COC(=O)C[C@H]1C[C@H]2CC[C@@H]1C2. The monoisotopic (exact) mass is 331 g/mol. The number of carbonyl (C=O) groups is 2. The summed E-state index contributed by atoms with van der Waals surface area (Å²) < 4.78 is 10.4. The van der Waals surface area contributed by atoms with Crippen LogP contribution < -0.4 is 10.1 Å². The lowest BCUT2D eigenvalue weighted by Gasteiger charge is -2.20. The fraction of sp³-hybridized carbons (Fsp3) is 0.579. The van der Waals surface area contributed by atoms with Gasteiger partial charge in [0, 0.05) is 6.42 Å². The third-order valence-electron chi connectivity index (χ3n) is 5.31. The predicted molar refractivity (Wildman–Crippen MR) is 90.9 cm³/mol. The normalized spacial score (nSPS) is 24.7. The highest BCUT2D eigenvalue weighted by molar-refractivity contribution is 5.94. The lowest BCUT2D eigenvalue weighted by Crippen LogP contribution is -2.23. The van der Waals surface area contributed by atoms with Crippen LogP contribution >= 0.6 is 0 Å². The van der Waals surface area contributed by atoms with E-state index in [1.807, 2.05) is 19.1 Å². The molecule has 0 spiro atoms. The van der Waals surface area contributed by atoms with Crippen LogP contribution in [0.4, 0.5) is 5.69 Å². The maximum atomic E-state index is 12.0. The van der Waals surface area contributed by atoms with Crippen molar-refractivity contribution in [3.05, 3.63) is 23.8 Å². The van der Waals surface area contributed by atoms with E-state index in [1.54, 1.807) is 13.2 Å². The zero-order valence-corrected chi connectivity index (χ0v) is 14.3. The van der Waals surface area contributed by atoms with Crippen molar-refractivity contribution in [2.45, 2.75) is 39.0 Å². The molecule has 1 N–H and O–H groups in total. The van der Waals surface area contributed by atoms with E-state index < -0.39 is 0 Å². The first-order chi connectivity index (χ1) is 11.5. The van der Waals surface area contributed by atoms with Crippen molar-refractivity contribution in [1.29, 1.82) is 0 Å². The highest BCUT2D eigenvalue weighted by Gasteiger charge is 2.40. The fourth-order valence-corrected chi connectivity index (χ4v) is 4.15. The van der Waals surface area contributed by atoms with E-state index in [4.69, 9.17) is 9.47 Å². The van der Waals surface area contributed by atoms with Crippen molar-refractivity contribution in [1.82, 2.24) is 0 Å². The number of fused-ring (bicyclic) bond motifs is 2. The third kappa shape index (κ3) is 3.89. The molecule has 5 nitrogen and oxygen atoms in total. The van der Waals surface area contributed by atoms with Crippen molar-refractivity contribution in [3.8, 4) is 5.75 Å². The van der Waals surface area contributed by atoms with Gasteiger partial charge >= 0.3 is 5.97 Å². The summed E-state index contributed by atoms with van der Waals surface area (Å²) in [5, 5.41) is 2.74. The Hall–Kier alpha value is -2.04. The van der Waals surface area contributed by atoms with Crippen molar-refractivity contribution in [3.63, 3.8) is 0 Å². The van der Waals surface area contributed by atoms with Gasteiger partial charge in [0.25, 0.3) is 5.91 Å². The Morgan fingerprint density at radius 3 is 2.75 bits per heavy atom. The average Bonchev–Trinajstić information content (AvgIpc) is 3.16. The second kappa shape index (κ2) is 7.24. The van der Waals surface area contributed by atoms with Gasteiger partial charge in [-0.1, -0.05) is 12.5 Å². The highest BCUT2D eigenvalue weighted by atomic mass is 16.5. The smallest absolute Gasteiger partial charge is 0.306 e. The van der Waals surface area contributed by atoms with E-state index in [0.29, 0.717) is 29.7 Å². The van der Waals surface area contributed by atoms with Crippen molar-refractivity contribution >= 4 is 17.6 Å². The molecule has 5 heteroatoms. The number of esters is 1. The highest BCUT2D eigenvalue weighted by Crippen LogP contribution is 2.49. The Labute approximate surface area is 142 Å². The molecule has 3 atom stereocenters. The van der Waals surface area contributed by atoms with Crippen LogP contribution in [0.5, 0.6) is 5.75 Å². The number of rotatable bonds is 6. The summed E-state index contributed by atoms with van der Waals surface area (Å²) in [5.74, 6) is 1.93. The van der Waals surface area contributed by atoms with Crippen LogP contribution in [0.15, 0.2) is 18.2 Å². The quantitative estimate of drug-likeness (QED) is 0.812. The lowest BCUT2D eigenvalue weighted by atomic mass is 9.86. The number of nitrogens with one attached hydrogen (secondary N) is 1. The molecular formula is C19H25NO4. The van der Waals surface area contributed by atoms with Gasteiger partial charge in [-0.05, 0) is 61.6 Å². The van der Waals surface area contributed by atoms with Crippen LogP contribution in [0.25, 0.3) is 0 Å². The van der Waals surface area contributed by atoms with Crippen molar-refractivity contribution in [2.75, 3.05) is 19.0 Å². The van der Waals surface area contributed by atoms with Crippen molar-refractivity contribution < 1.29 is 19.1 Å². The van der Waals surface area contributed by atoms with E-state index in [9.17, 15) is 9.59 Å². The molecule has 130 valence electrons. The minimum absolute atomic E-state index is 0.253. The van der Waals surface area contributed by atoms with E-state index in [1.165, 1.54) is 19.3 Å². The summed E-state index contributed by atoms with van der Waals surface area (Å²) in [4.78, 5) is 24.0. The van der Waals surface area contributed by atoms with E-state index in [-0.39, 0.29) is 18.5 Å². The molecule has 2 bridgehead atoms. The second-order valence-electron chi connectivity index (χ2n) is 7.05. The summed E-state index contributed by atoms with van der Waals surface area (Å²) in [5.41, 5.74) is 1.60. The zero-order valence-electron chi connectivity index (χ0n) is 14.3. The average molecular weight is 331 g/mol. The molecule has 2 saturated carbocycles. The summed E-state index contributed by atoms with van der Waals surface area (Å²) in [7, 11) is 1.55. The second-order valence-corrected chi connectivity index (χ2v) is 7.05. The Bertz CT molecular complexity index is 628. The predicted octanol–water partition coefficient (Wildman–Crippen LogP) is 3.31. The number of ether oxygens (including phenoxy) is 2. The number of aryl methyl sites for hydroxylation is 1. The molecule has 24 heavy (non-hydrogen) atoms. The first-order valence-corrected chi connectivity index (χ1v) is 8.65. The number of carbonyl (C=O) groups excluding carboxylic acids is 2. The number of amides is 1. The van der Waals surface area contributed by atoms with E-state index >= 15 is 0 Å². The zero-order chi connectivity index (χ0) is 17.1. The van der Waals surface area contributed by atoms with Gasteiger partial charge in [0.1, 0.15) is 5.75 Å². The van der Waals surface area contributed by atoms with Gasteiger partial charge in [0.05, 0.1) is 12.8 Å². The van der Waals surface area contributed by atoms with Crippen LogP contribution in [0.3, 0.4) is 0 Å². The minimum atomic E-state index is -0.347. The lowest BCUT2D eigenvalue weighted by molar-refractivity contribution is -0.148. The standard InChI is InChI=1S/C19H25NO4/c1-12-3-6-17(23-2)16(7-12)20-18(21)11-24-19(22)10-15-9-13-4-5-14(15)8-13/h3,6-7,13-15H,4-5,8-11H2,1-2H3,(H,20,21)/t13-,14+,15+/m0/s1. The summed E-state index contributed by atoms with van der Waals surface area (Å²) in [6, 6.07) is 5.53. The van der Waals surface area contributed by atoms with Crippen LogP contribution in [0.2, 0.25) is 0 Å². The number of anilines is 1. The molecule has 1 aromatic rings. The molecule has 0 aliphatic heterocycles. The van der Waals surface area contributed by atoms with Crippen LogP contribution in [-0.2, 0) is 14.3 Å². The van der Waals surface area contributed by atoms with E-state index in [0.717, 1.165) is 17.9 Å². The van der Waals surface area contributed by atoms with Gasteiger partial charge in [-0.2, -0.15) is 0 Å². The molecule has 1 amide bonds. The van der Waals surface area contributed by atoms with Gasteiger partial charge in [0.15, 0.2) is 6.61 Å². The molecule has 1 aromatic carbocycles. The van der Waals surface area contributed by atoms with Gasteiger partial charge < -0.3 is 14.8 Å². The van der Waals surface area contributed by atoms with Gasteiger partial charge in [-0.25, -0.2) is 0 Å². The Morgan fingerprint density at radius 2 is 2.08 bits per heavy atom. The molecule has 0 aromatic heterocycles. The summed E-state index contributed by atoms with van der Waals surface area (Å²) >= 11 is 0. The molecule has 0 unspecified atom stereocenters. The topological polar surface area (TPSA) is 64.6 Å². The van der Waals surface area contributed by atoms with Crippen LogP contribution in [-0.4, -0.2) is 25.6 Å². The minimum Gasteiger partial charge on any atom is -0.495 e. The van der Waals surface area contributed by atoms with Crippen molar-refractivity contribution in [2.24, 2.45) is 17.8 Å². The number of benzene rings is 1. The fourth-order valence-electron chi connectivity index (χ4n) is 4.15. The molecule has 2 aliphatic rings. The van der Waals surface area contributed by atoms with Gasteiger partial charge in [-0.3, -0.25) is 9.59 Å². The molecule has 0 saturated heterocycles. The maximum absolute atomic E-state index is 12.0. The number of hydrogen-bond acceptors (Lipinski definition) is 4. The van der Waals surface area contributed by atoms with Gasteiger partial charge in [0.2, 0.25) is 0 Å². The summed E-state index contributed by atoms with van der Waals surface area (Å²) in [6.07, 6.45) is 5.42.